The summed E-state index contributed by atoms with van der Waals surface area (Å²) in [6.45, 7) is 2.16. The van der Waals surface area contributed by atoms with Gasteiger partial charge in [-0.2, -0.15) is 0 Å². The van der Waals surface area contributed by atoms with Gasteiger partial charge in [0.1, 0.15) is 6.61 Å². The highest BCUT2D eigenvalue weighted by molar-refractivity contribution is 6.30. The van der Waals surface area contributed by atoms with Gasteiger partial charge in [-0.1, -0.05) is 11.6 Å². The summed E-state index contributed by atoms with van der Waals surface area (Å²) in [6.07, 6.45) is 1.19. The lowest BCUT2D eigenvalue weighted by Crippen LogP contribution is -2.50. The van der Waals surface area contributed by atoms with Crippen molar-refractivity contribution in [3.8, 4) is 11.5 Å². The molecule has 1 N–H and O–H groups in total. The number of halogens is 1. The normalized spacial score (nSPS) is 18.5. The van der Waals surface area contributed by atoms with E-state index >= 15 is 0 Å². The Labute approximate surface area is 184 Å². The number of hydrogen-bond donors (Lipinski definition) is 1. The fourth-order valence-electron chi connectivity index (χ4n) is 4.27. The number of nitrogens with one attached hydrogen (secondary N) is 1. The number of benzene rings is 2. The van der Waals surface area contributed by atoms with Gasteiger partial charge in [0.25, 0.3) is 0 Å². The Morgan fingerprint density at radius 2 is 1.87 bits per heavy atom. The first-order chi connectivity index (χ1) is 15.1. The van der Waals surface area contributed by atoms with E-state index in [2.05, 4.69) is 10.2 Å². The lowest BCUT2D eigenvalue weighted by Gasteiger charge is -2.40. The maximum absolute atomic E-state index is 12.5. The Bertz CT molecular complexity index is 1020. The first kappa shape index (κ1) is 20.0. The van der Waals surface area contributed by atoms with Gasteiger partial charge in [0.15, 0.2) is 11.5 Å². The molecule has 1 saturated heterocycles. The average molecular weight is 444 g/mol. The summed E-state index contributed by atoms with van der Waals surface area (Å²) in [4.78, 5) is 28.8. The van der Waals surface area contributed by atoms with Crippen LogP contribution in [0.25, 0.3) is 0 Å². The van der Waals surface area contributed by atoms with E-state index in [1.54, 1.807) is 29.2 Å². The van der Waals surface area contributed by atoms with E-state index in [1.807, 2.05) is 12.1 Å². The van der Waals surface area contributed by atoms with Crippen molar-refractivity contribution in [3.05, 3.63) is 47.0 Å². The monoisotopic (exact) mass is 443 g/mol. The van der Waals surface area contributed by atoms with Gasteiger partial charge in [-0.3, -0.25) is 14.6 Å². The van der Waals surface area contributed by atoms with E-state index in [1.165, 1.54) is 0 Å². The number of hydrogen-bond acceptors (Lipinski definition) is 6. The maximum Gasteiger partial charge on any atom is 0.414 e. The van der Waals surface area contributed by atoms with Gasteiger partial charge < -0.3 is 19.5 Å². The quantitative estimate of drug-likeness (QED) is 0.777. The number of fused-ring (bicyclic) bond motifs is 2. The zero-order chi connectivity index (χ0) is 21.4. The number of cyclic esters (lactones) is 1. The fraction of sp³-hybridized carbons (Fsp3) is 0.364. The second-order valence-electron chi connectivity index (χ2n) is 7.82. The Morgan fingerprint density at radius 1 is 1.06 bits per heavy atom. The van der Waals surface area contributed by atoms with Crippen LogP contribution in [0, 0.1) is 0 Å². The van der Waals surface area contributed by atoms with Crippen LogP contribution in [0.1, 0.15) is 18.4 Å². The zero-order valence-electron chi connectivity index (χ0n) is 16.8. The minimum Gasteiger partial charge on any atom is -0.454 e. The highest BCUT2D eigenvalue weighted by Gasteiger charge is 2.34. The molecular formula is C22H22ClN3O5. The van der Waals surface area contributed by atoms with E-state index in [-0.39, 0.29) is 38.0 Å². The molecular weight excluding hydrogens is 422 g/mol. The topological polar surface area (TPSA) is 80.3 Å². The summed E-state index contributed by atoms with van der Waals surface area (Å²) >= 11 is 6.08. The molecule has 0 aliphatic carbocycles. The number of nitrogens with zero attached hydrogens (tertiary/aromatic N) is 2. The molecule has 0 atom stereocenters. The van der Waals surface area contributed by atoms with E-state index in [0.717, 1.165) is 24.1 Å². The van der Waals surface area contributed by atoms with Gasteiger partial charge in [-0.25, -0.2) is 4.79 Å². The summed E-state index contributed by atoms with van der Waals surface area (Å²) in [7, 11) is 0. The molecule has 2 aromatic carbocycles. The van der Waals surface area contributed by atoms with E-state index in [9.17, 15) is 9.59 Å². The second kappa shape index (κ2) is 8.28. The molecule has 2 amide bonds. The molecule has 0 spiro atoms. The van der Waals surface area contributed by atoms with E-state index < -0.39 is 0 Å². The van der Waals surface area contributed by atoms with Crippen molar-refractivity contribution in [2.75, 3.05) is 36.6 Å². The third-order valence-electron chi connectivity index (χ3n) is 5.79. The third kappa shape index (κ3) is 4.13. The maximum atomic E-state index is 12.5. The first-order valence-corrected chi connectivity index (χ1v) is 10.6. The van der Waals surface area contributed by atoms with Gasteiger partial charge in [0.2, 0.25) is 12.7 Å². The predicted molar refractivity (Wildman–Crippen MR) is 115 cm³/mol. The lowest BCUT2D eigenvalue weighted by molar-refractivity contribution is -0.117. The fourth-order valence-corrected chi connectivity index (χ4v) is 4.47. The van der Waals surface area contributed by atoms with E-state index in [4.69, 9.17) is 25.8 Å². The minimum atomic E-state index is -0.325. The minimum absolute atomic E-state index is 0.0286. The van der Waals surface area contributed by atoms with Crippen LogP contribution in [-0.2, 0) is 16.1 Å². The van der Waals surface area contributed by atoms with Crippen LogP contribution in [0.4, 0.5) is 16.2 Å². The largest absolute Gasteiger partial charge is 0.454 e. The van der Waals surface area contributed by atoms with Gasteiger partial charge in [-0.15, -0.1) is 0 Å². The van der Waals surface area contributed by atoms with Gasteiger partial charge in [0, 0.05) is 41.5 Å². The first-order valence-electron chi connectivity index (χ1n) is 10.2. The molecule has 0 aromatic heterocycles. The Hall–Kier alpha value is -2.97. The van der Waals surface area contributed by atoms with Crippen molar-refractivity contribution in [3.63, 3.8) is 0 Å². The molecule has 2 aromatic rings. The van der Waals surface area contributed by atoms with Gasteiger partial charge >= 0.3 is 6.09 Å². The van der Waals surface area contributed by atoms with Crippen LogP contribution in [-0.4, -0.2) is 49.4 Å². The lowest BCUT2D eigenvalue weighted by atomic mass is 10.0. The smallest absolute Gasteiger partial charge is 0.414 e. The van der Waals surface area contributed by atoms with E-state index in [0.29, 0.717) is 35.3 Å². The number of amides is 2. The Morgan fingerprint density at radius 3 is 2.71 bits per heavy atom. The van der Waals surface area contributed by atoms with Crippen molar-refractivity contribution < 1.29 is 23.8 Å². The van der Waals surface area contributed by atoms with Crippen LogP contribution in [0.5, 0.6) is 11.5 Å². The Balaban J connectivity index is 1.17. The molecule has 0 bridgehead atoms. The van der Waals surface area contributed by atoms with Crippen molar-refractivity contribution >= 4 is 35.0 Å². The number of likely N-dealkylation sites (tertiary alicyclic amines) is 1. The molecule has 9 heteroatoms. The summed E-state index contributed by atoms with van der Waals surface area (Å²) in [5.74, 6) is 1.23. The SMILES string of the molecule is O=C(CN1CCC(N2C(=O)OCc3cc(Cl)ccc32)CC1)Nc1ccc2c(c1)OCO2. The molecule has 31 heavy (non-hydrogen) atoms. The molecule has 0 saturated carbocycles. The zero-order valence-corrected chi connectivity index (χ0v) is 17.6. The van der Waals surface area contributed by atoms with Gasteiger partial charge in [-0.05, 0) is 43.2 Å². The van der Waals surface area contributed by atoms with Crippen LogP contribution >= 0.6 is 11.6 Å². The highest BCUT2D eigenvalue weighted by atomic mass is 35.5. The third-order valence-corrected chi connectivity index (χ3v) is 6.03. The molecule has 0 unspecified atom stereocenters. The van der Waals surface area contributed by atoms with Crippen molar-refractivity contribution in [1.82, 2.24) is 4.90 Å². The number of carbonyl (C=O) groups excluding carboxylic acids is 2. The molecule has 8 nitrogen and oxygen atoms in total. The average Bonchev–Trinajstić information content (AvgIpc) is 3.22. The number of piperidine rings is 1. The molecule has 3 aliphatic rings. The molecule has 0 radical (unpaired) electrons. The predicted octanol–water partition coefficient (Wildman–Crippen LogP) is 3.63. The van der Waals surface area contributed by atoms with Crippen LogP contribution in [0.15, 0.2) is 36.4 Å². The number of carbonyl (C=O) groups is 2. The number of rotatable bonds is 4. The van der Waals surface area contributed by atoms with Crippen molar-refractivity contribution in [1.29, 1.82) is 0 Å². The number of anilines is 2. The Kier molecular flexibility index (Phi) is 5.33. The summed E-state index contributed by atoms with van der Waals surface area (Å²) < 4.78 is 16.0. The molecule has 3 aliphatic heterocycles. The summed E-state index contributed by atoms with van der Waals surface area (Å²) in [6, 6.07) is 10.9. The number of ether oxygens (including phenoxy) is 3. The molecule has 1 fully saturated rings. The molecule has 162 valence electrons. The van der Waals surface area contributed by atoms with Gasteiger partial charge in [0.05, 0.1) is 12.2 Å². The summed E-state index contributed by atoms with van der Waals surface area (Å²) in [5.41, 5.74) is 2.45. The van der Waals surface area contributed by atoms with Crippen molar-refractivity contribution in [2.45, 2.75) is 25.5 Å². The van der Waals surface area contributed by atoms with Crippen LogP contribution in [0.2, 0.25) is 5.02 Å². The molecule has 3 heterocycles. The highest BCUT2D eigenvalue weighted by Crippen LogP contribution is 2.35. The standard InChI is InChI=1S/C22H22ClN3O5/c23-15-1-3-18-14(9-15)12-29-22(28)26(18)17-5-7-25(8-6-17)11-21(27)24-16-2-4-19-20(10-16)31-13-30-19/h1-4,9-10,17H,5-8,11-13H2,(H,24,27). The van der Waals surface area contributed by atoms with Crippen LogP contribution in [0.3, 0.4) is 0 Å². The van der Waals surface area contributed by atoms with Crippen molar-refractivity contribution in [2.24, 2.45) is 0 Å². The summed E-state index contributed by atoms with van der Waals surface area (Å²) in [5, 5.41) is 3.53. The second-order valence-corrected chi connectivity index (χ2v) is 8.26. The molecule has 5 rings (SSSR count). The van der Waals surface area contributed by atoms with Crippen LogP contribution < -0.4 is 19.7 Å².